The molecule has 2 fully saturated rings. The SMILES string of the molecule is Nc1ncnn2c(C3C4OC(CCO)C(O)C43F)ccc12. The molecule has 1 aliphatic heterocycles. The summed E-state index contributed by atoms with van der Waals surface area (Å²) in [5.41, 5.74) is 5.13. The van der Waals surface area contributed by atoms with E-state index >= 15 is 0 Å². The summed E-state index contributed by atoms with van der Waals surface area (Å²) in [4.78, 5) is 3.88. The minimum atomic E-state index is -1.83. The van der Waals surface area contributed by atoms with Crippen molar-refractivity contribution in [1.29, 1.82) is 0 Å². The van der Waals surface area contributed by atoms with E-state index in [-0.39, 0.29) is 13.0 Å². The maximum Gasteiger partial charge on any atom is 0.176 e. The molecule has 2 aliphatic rings. The minimum absolute atomic E-state index is 0.146. The fraction of sp³-hybridized carbons (Fsp3) is 0.538. The molecule has 0 bridgehead atoms. The van der Waals surface area contributed by atoms with Crippen LogP contribution in [0.5, 0.6) is 0 Å². The van der Waals surface area contributed by atoms with E-state index in [1.54, 1.807) is 12.1 Å². The number of nitrogen functional groups attached to an aromatic ring is 1. The lowest BCUT2D eigenvalue weighted by Crippen LogP contribution is -2.34. The number of aromatic nitrogens is 3. The van der Waals surface area contributed by atoms with Gasteiger partial charge in [0.1, 0.15) is 24.1 Å². The molecule has 1 saturated carbocycles. The molecule has 7 nitrogen and oxygen atoms in total. The standard InChI is InChI=1S/C13H15FN4O3/c14-13-9(11(13)21-8(3-4-19)10(13)20)6-1-2-7-12(15)16-5-17-18(6)7/h1-2,5,8-11,19-20H,3-4H2,(H2,15,16,17). The monoisotopic (exact) mass is 294 g/mol. The number of alkyl halides is 1. The normalized spacial score (nSPS) is 37.9. The van der Waals surface area contributed by atoms with Crippen molar-refractivity contribution in [3.8, 4) is 0 Å². The highest BCUT2D eigenvalue weighted by Gasteiger charge is 2.78. The van der Waals surface area contributed by atoms with Crippen molar-refractivity contribution in [2.45, 2.75) is 36.3 Å². The first-order chi connectivity index (χ1) is 10.1. The molecule has 1 aliphatic carbocycles. The summed E-state index contributed by atoms with van der Waals surface area (Å²) >= 11 is 0. The van der Waals surface area contributed by atoms with Gasteiger partial charge >= 0.3 is 0 Å². The molecule has 112 valence electrons. The number of hydrogen-bond acceptors (Lipinski definition) is 6. The van der Waals surface area contributed by atoms with E-state index in [9.17, 15) is 9.50 Å². The highest BCUT2D eigenvalue weighted by molar-refractivity contribution is 5.66. The molecule has 8 heteroatoms. The summed E-state index contributed by atoms with van der Waals surface area (Å²) in [5, 5.41) is 23.1. The first kappa shape index (κ1) is 12.9. The van der Waals surface area contributed by atoms with E-state index in [0.717, 1.165) is 0 Å². The predicted octanol–water partition coefficient (Wildman–Crippen LogP) is -0.372. The third-order valence-corrected chi connectivity index (χ3v) is 4.48. The second-order valence-electron chi connectivity index (χ2n) is 5.56. The summed E-state index contributed by atoms with van der Waals surface area (Å²) in [6.45, 7) is -0.146. The smallest absolute Gasteiger partial charge is 0.176 e. The second-order valence-corrected chi connectivity index (χ2v) is 5.56. The Morgan fingerprint density at radius 2 is 2.29 bits per heavy atom. The van der Waals surface area contributed by atoms with Crippen molar-refractivity contribution in [2.24, 2.45) is 0 Å². The number of rotatable bonds is 3. The molecule has 2 aromatic heterocycles. The number of nitrogens with zero attached hydrogens (tertiary/aromatic N) is 3. The largest absolute Gasteiger partial charge is 0.396 e. The Balaban J connectivity index is 1.69. The van der Waals surface area contributed by atoms with Crippen LogP contribution in [0.1, 0.15) is 18.0 Å². The topological polar surface area (TPSA) is 106 Å². The maximum atomic E-state index is 15.0. The number of nitrogens with two attached hydrogens (primary N) is 1. The zero-order valence-corrected chi connectivity index (χ0v) is 11.1. The molecule has 5 unspecified atom stereocenters. The summed E-state index contributed by atoms with van der Waals surface area (Å²) in [7, 11) is 0. The fourth-order valence-corrected chi connectivity index (χ4v) is 3.37. The Morgan fingerprint density at radius 3 is 2.95 bits per heavy atom. The zero-order chi connectivity index (χ0) is 14.8. The van der Waals surface area contributed by atoms with Gasteiger partial charge in [0, 0.05) is 6.61 Å². The van der Waals surface area contributed by atoms with Crippen LogP contribution in [0, 0.1) is 0 Å². The second kappa shape index (κ2) is 4.12. The van der Waals surface area contributed by atoms with Gasteiger partial charge in [-0.3, -0.25) is 0 Å². The molecule has 3 heterocycles. The Bertz CT molecular complexity index is 708. The van der Waals surface area contributed by atoms with E-state index in [1.807, 2.05) is 0 Å². The van der Waals surface area contributed by atoms with E-state index < -0.39 is 29.9 Å². The number of fused-ring (bicyclic) bond motifs is 2. The van der Waals surface area contributed by atoms with Crippen molar-refractivity contribution >= 4 is 11.3 Å². The number of ether oxygens (including phenoxy) is 1. The minimum Gasteiger partial charge on any atom is -0.396 e. The number of hydrogen-bond donors (Lipinski definition) is 3. The predicted molar refractivity (Wildman–Crippen MR) is 70.4 cm³/mol. The van der Waals surface area contributed by atoms with Crippen molar-refractivity contribution in [1.82, 2.24) is 14.6 Å². The Morgan fingerprint density at radius 1 is 1.48 bits per heavy atom. The van der Waals surface area contributed by atoms with Crippen LogP contribution in [0.4, 0.5) is 10.2 Å². The summed E-state index contributed by atoms with van der Waals surface area (Å²) < 4.78 is 22.0. The number of aliphatic hydroxyl groups excluding tert-OH is 2. The fourth-order valence-electron chi connectivity index (χ4n) is 3.37. The molecule has 0 aromatic carbocycles. The third kappa shape index (κ3) is 1.52. The maximum absolute atomic E-state index is 15.0. The van der Waals surface area contributed by atoms with Crippen molar-refractivity contribution in [3.63, 3.8) is 0 Å². The van der Waals surface area contributed by atoms with Crippen LogP contribution in [-0.2, 0) is 4.74 Å². The Kier molecular flexibility index (Phi) is 2.54. The van der Waals surface area contributed by atoms with Crippen LogP contribution in [0.2, 0.25) is 0 Å². The van der Waals surface area contributed by atoms with Gasteiger partial charge in [-0.2, -0.15) is 5.10 Å². The molecule has 0 amide bonds. The lowest BCUT2D eigenvalue weighted by Gasteiger charge is -2.20. The van der Waals surface area contributed by atoms with E-state index in [2.05, 4.69) is 10.1 Å². The molecule has 4 N–H and O–H groups in total. The van der Waals surface area contributed by atoms with Crippen molar-refractivity contribution in [3.05, 3.63) is 24.2 Å². The summed E-state index contributed by atoms with van der Waals surface area (Å²) in [5.74, 6) is -0.270. The summed E-state index contributed by atoms with van der Waals surface area (Å²) in [6, 6.07) is 3.45. The molecule has 2 aromatic rings. The van der Waals surface area contributed by atoms with Gasteiger partial charge in [0.15, 0.2) is 11.5 Å². The van der Waals surface area contributed by atoms with Gasteiger partial charge < -0.3 is 20.7 Å². The highest BCUT2D eigenvalue weighted by Crippen LogP contribution is 2.64. The lowest BCUT2D eigenvalue weighted by molar-refractivity contribution is -0.0260. The molecular formula is C13H15FN4O3. The average Bonchev–Trinajstić information content (AvgIpc) is 2.78. The third-order valence-electron chi connectivity index (χ3n) is 4.48. The molecule has 4 rings (SSSR count). The van der Waals surface area contributed by atoms with Gasteiger partial charge in [0.25, 0.3) is 0 Å². The van der Waals surface area contributed by atoms with Crippen LogP contribution in [-0.4, -0.2) is 55.4 Å². The van der Waals surface area contributed by atoms with Crippen LogP contribution < -0.4 is 5.73 Å². The van der Waals surface area contributed by atoms with Crippen LogP contribution in [0.25, 0.3) is 5.52 Å². The van der Waals surface area contributed by atoms with Gasteiger partial charge in [-0.25, -0.2) is 13.9 Å². The highest BCUT2D eigenvalue weighted by atomic mass is 19.1. The molecule has 0 spiro atoms. The average molecular weight is 294 g/mol. The number of anilines is 1. The Hall–Kier alpha value is -1.77. The molecule has 5 atom stereocenters. The van der Waals surface area contributed by atoms with Gasteiger partial charge in [-0.05, 0) is 18.6 Å². The van der Waals surface area contributed by atoms with E-state index in [4.69, 9.17) is 15.6 Å². The first-order valence-corrected chi connectivity index (χ1v) is 6.80. The molecule has 0 radical (unpaired) electrons. The van der Waals surface area contributed by atoms with E-state index in [1.165, 1.54) is 10.8 Å². The van der Waals surface area contributed by atoms with Gasteiger partial charge in [-0.15, -0.1) is 0 Å². The molecular weight excluding hydrogens is 279 g/mol. The van der Waals surface area contributed by atoms with Crippen molar-refractivity contribution in [2.75, 3.05) is 12.3 Å². The van der Waals surface area contributed by atoms with Gasteiger partial charge in [0.05, 0.1) is 17.7 Å². The van der Waals surface area contributed by atoms with Crippen LogP contribution in [0.3, 0.4) is 0 Å². The van der Waals surface area contributed by atoms with Crippen LogP contribution in [0.15, 0.2) is 18.5 Å². The van der Waals surface area contributed by atoms with Gasteiger partial charge in [-0.1, -0.05) is 0 Å². The number of halogens is 1. The first-order valence-electron chi connectivity index (χ1n) is 6.80. The van der Waals surface area contributed by atoms with Crippen molar-refractivity contribution < 1.29 is 19.3 Å². The lowest BCUT2D eigenvalue weighted by atomic mass is 10.0. The zero-order valence-electron chi connectivity index (χ0n) is 11.1. The number of aliphatic hydroxyl groups is 2. The van der Waals surface area contributed by atoms with E-state index in [0.29, 0.717) is 17.0 Å². The molecule has 1 saturated heterocycles. The quantitative estimate of drug-likeness (QED) is 0.713. The summed E-state index contributed by atoms with van der Waals surface area (Å²) in [6.07, 6.45) is -1.09. The van der Waals surface area contributed by atoms with Gasteiger partial charge in [0.2, 0.25) is 0 Å². The Labute approximate surface area is 119 Å². The molecule has 21 heavy (non-hydrogen) atoms. The van der Waals surface area contributed by atoms with Crippen LogP contribution >= 0.6 is 0 Å².